The molecule has 2 heterocycles. The van der Waals surface area contributed by atoms with Crippen molar-refractivity contribution in [3.05, 3.63) is 72.0 Å². The van der Waals surface area contributed by atoms with Crippen molar-refractivity contribution in [2.24, 2.45) is 4.99 Å². The summed E-state index contributed by atoms with van der Waals surface area (Å²) in [5.41, 5.74) is 8.14. The third-order valence-electron chi connectivity index (χ3n) is 8.55. The van der Waals surface area contributed by atoms with Crippen LogP contribution in [-0.4, -0.2) is 76.6 Å². The lowest BCUT2D eigenvalue weighted by atomic mass is 9.95. The summed E-state index contributed by atoms with van der Waals surface area (Å²) < 4.78 is 39.3. The van der Waals surface area contributed by atoms with E-state index in [1.165, 1.54) is 38.4 Å². The van der Waals surface area contributed by atoms with Gasteiger partial charge >= 0.3 is 6.18 Å². The summed E-state index contributed by atoms with van der Waals surface area (Å²) in [6.45, 7) is 10.0. The Morgan fingerprint density at radius 3 is 2.48 bits per heavy atom. The highest BCUT2D eigenvalue weighted by molar-refractivity contribution is 6.11. The molecule has 0 radical (unpaired) electrons. The number of H-pyrrole nitrogens is 1. The number of aliphatic imine (C=N–C) groups is 1. The van der Waals surface area contributed by atoms with Gasteiger partial charge in [0.25, 0.3) is 5.91 Å². The molecule has 1 aliphatic rings. The number of nitrogens with one attached hydrogen (secondary N) is 3. The predicted octanol–water partition coefficient (Wildman–Crippen LogP) is 7.23. The molecular weight excluding hydrogens is 645 g/mol. The third kappa shape index (κ3) is 10.9. The lowest BCUT2D eigenvalue weighted by Crippen LogP contribution is -2.40. The smallest absolute Gasteiger partial charge is 0.383 e. The van der Waals surface area contributed by atoms with Crippen LogP contribution in [0.5, 0.6) is 0 Å². The highest BCUT2D eigenvalue weighted by Gasteiger charge is 2.32. The number of nitrogens with zero attached hydrogens (tertiary/aromatic N) is 4. The van der Waals surface area contributed by atoms with Crippen LogP contribution in [0.3, 0.4) is 0 Å². The van der Waals surface area contributed by atoms with Crippen LogP contribution >= 0.6 is 0 Å². The van der Waals surface area contributed by atoms with Crippen LogP contribution in [0, 0.1) is 0 Å². The van der Waals surface area contributed by atoms with E-state index in [1.54, 1.807) is 18.3 Å². The van der Waals surface area contributed by atoms with Gasteiger partial charge in [-0.3, -0.25) is 19.7 Å². The number of benzene rings is 1. The van der Waals surface area contributed by atoms with Gasteiger partial charge in [0.2, 0.25) is 5.91 Å². The molecule has 13 heteroatoms. The number of alkyl halides is 3. The molecule has 4 rings (SSSR count). The molecule has 1 aliphatic carbocycles. The minimum atomic E-state index is -4.63. The highest BCUT2D eigenvalue weighted by atomic mass is 19.4. The summed E-state index contributed by atoms with van der Waals surface area (Å²) in [7, 11) is 3.29. The summed E-state index contributed by atoms with van der Waals surface area (Å²) in [6, 6.07) is 6.86. The largest absolute Gasteiger partial charge is 0.416 e. The summed E-state index contributed by atoms with van der Waals surface area (Å²) in [4.78, 5) is 35.6. The number of amidine groups is 1. The van der Waals surface area contributed by atoms with Crippen LogP contribution in [-0.2, 0) is 4.79 Å². The summed E-state index contributed by atoms with van der Waals surface area (Å²) in [5.74, 6) is -0.492. The van der Waals surface area contributed by atoms with Gasteiger partial charge in [-0.1, -0.05) is 70.0 Å². The lowest BCUT2D eigenvalue weighted by molar-refractivity contribution is -0.123. The van der Waals surface area contributed by atoms with Gasteiger partial charge in [-0.2, -0.15) is 18.3 Å². The van der Waals surface area contributed by atoms with E-state index >= 15 is 0 Å². The first-order chi connectivity index (χ1) is 23.9. The van der Waals surface area contributed by atoms with Crippen molar-refractivity contribution in [2.75, 3.05) is 26.4 Å². The third-order valence-corrected chi connectivity index (χ3v) is 8.55. The molecule has 50 heavy (non-hydrogen) atoms. The molecule has 0 saturated heterocycles. The summed E-state index contributed by atoms with van der Waals surface area (Å²) in [5, 5.41) is 13.7. The number of amides is 2. The van der Waals surface area contributed by atoms with Gasteiger partial charge in [0.15, 0.2) is 0 Å². The molecule has 1 unspecified atom stereocenters. The van der Waals surface area contributed by atoms with Crippen molar-refractivity contribution in [1.82, 2.24) is 30.7 Å². The standard InChI is InChI=1S/C35H43F3N8O2.C2H6/c1-5-26(35(36,37)38)20-28(40-3)43-34(48)24-16-14-23(15-17-24)31-30-32(45-44-31)25(21-41-33(30)39)11-9-10-18-46(4)22(2)19-29(47)42-27-12-7-6-8-13-27;1-2/h5,9,11,14-17,20-22,27H,1,6-8,10,12-13,18-19H2,2-4H3,(H2,39,41)(H,42,47)(H,44,45)(H,40,43,48);1-2H3/b11-9+,26-20+;. The Morgan fingerprint density at radius 2 is 1.86 bits per heavy atom. The maximum Gasteiger partial charge on any atom is 0.416 e. The Bertz CT molecular complexity index is 1690. The zero-order chi connectivity index (χ0) is 36.8. The number of anilines is 1. The zero-order valence-electron chi connectivity index (χ0n) is 29.5. The predicted molar refractivity (Wildman–Crippen MR) is 196 cm³/mol. The zero-order valence-corrected chi connectivity index (χ0v) is 29.5. The molecule has 0 bridgehead atoms. The van der Waals surface area contributed by atoms with Crippen LogP contribution in [0.25, 0.3) is 28.2 Å². The molecular formula is C37H49F3N8O2. The molecule has 2 aromatic heterocycles. The maximum atomic E-state index is 13.1. The number of pyridine rings is 1. The first-order valence-corrected chi connectivity index (χ1v) is 17.0. The highest BCUT2D eigenvalue weighted by Crippen LogP contribution is 2.32. The fourth-order valence-electron chi connectivity index (χ4n) is 5.60. The van der Waals surface area contributed by atoms with Crippen molar-refractivity contribution in [3.8, 4) is 11.3 Å². The molecule has 0 aliphatic heterocycles. The number of nitrogens with two attached hydrogens (primary N) is 1. The Kier molecular flexibility index (Phi) is 14.9. The Hall–Kier alpha value is -4.78. The maximum absolute atomic E-state index is 13.1. The lowest BCUT2D eigenvalue weighted by Gasteiger charge is -2.26. The van der Waals surface area contributed by atoms with E-state index in [1.807, 2.05) is 33.0 Å². The molecule has 5 N–H and O–H groups in total. The monoisotopic (exact) mass is 694 g/mol. The van der Waals surface area contributed by atoms with Crippen molar-refractivity contribution in [2.45, 2.75) is 84.0 Å². The molecule has 1 fully saturated rings. The van der Waals surface area contributed by atoms with Crippen LogP contribution in [0.2, 0.25) is 0 Å². The van der Waals surface area contributed by atoms with Crippen LogP contribution < -0.4 is 16.4 Å². The van der Waals surface area contributed by atoms with E-state index in [9.17, 15) is 22.8 Å². The average molecular weight is 695 g/mol. The molecule has 1 saturated carbocycles. The van der Waals surface area contributed by atoms with E-state index in [4.69, 9.17) is 5.73 Å². The van der Waals surface area contributed by atoms with E-state index in [2.05, 4.69) is 49.2 Å². The van der Waals surface area contributed by atoms with Crippen molar-refractivity contribution in [1.29, 1.82) is 0 Å². The number of aromatic nitrogens is 3. The number of hydrogen-bond donors (Lipinski definition) is 4. The molecule has 0 spiro atoms. The second-order valence-corrected chi connectivity index (χ2v) is 12.0. The molecule has 1 aromatic carbocycles. The SMILES string of the molecule is C=C/C(=C\C(=NC)NC(=O)c1ccc(-c2[nH]nc3c(/C=C/CCN(C)C(C)CC(=O)NC4CCCCC4)cnc(N)c23)cc1)C(F)(F)F.CC. The summed E-state index contributed by atoms with van der Waals surface area (Å²) >= 11 is 0. The molecule has 1 atom stereocenters. The van der Waals surface area contributed by atoms with Gasteiger partial charge in [-0.05, 0) is 51.4 Å². The molecule has 10 nitrogen and oxygen atoms in total. The van der Waals surface area contributed by atoms with Gasteiger partial charge in [0.1, 0.15) is 17.2 Å². The van der Waals surface area contributed by atoms with Gasteiger partial charge < -0.3 is 21.3 Å². The average Bonchev–Trinajstić information content (AvgIpc) is 3.56. The van der Waals surface area contributed by atoms with E-state index in [-0.39, 0.29) is 29.2 Å². The number of fused-ring (bicyclic) bond motifs is 1. The number of rotatable bonds is 12. The summed E-state index contributed by atoms with van der Waals surface area (Å²) in [6.07, 6.45) is 9.36. The van der Waals surface area contributed by atoms with Gasteiger partial charge in [-0.15, -0.1) is 0 Å². The van der Waals surface area contributed by atoms with Crippen LogP contribution in [0.4, 0.5) is 19.0 Å². The van der Waals surface area contributed by atoms with Gasteiger partial charge in [0.05, 0.1) is 16.7 Å². The number of carbonyl (C=O) groups is 2. The number of halogens is 3. The second kappa shape index (κ2) is 18.8. The van der Waals surface area contributed by atoms with E-state index in [0.717, 1.165) is 37.4 Å². The first kappa shape index (κ1) is 39.7. The Labute approximate surface area is 292 Å². The molecule has 2 amide bonds. The fraction of sp³-hybridized carbons (Fsp3) is 0.432. The Morgan fingerprint density at radius 1 is 1.18 bits per heavy atom. The quantitative estimate of drug-likeness (QED) is 0.0896. The fourth-order valence-corrected chi connectivity index (χ4v) is 5.60. The van der Waals surface area contributed by atoms with Crippen molar-refractivity contribution in [3.63, 3.8) is 0 Å². The van der Waals surface area contributed by atoms with E-state index in [0.29, 0.717) is 40.7 Å². The number of nitrogen functional groups attached to an aromatic ring is 1. The van der Waals surface area contributed by atoms with Crippen molar-refractivity contribution >= 4 is 40.4 Å². The normalized spacial score (nSPS) is 15.1. The molecule has 270 valence electrons. The van der Waals surface area contributed by atoms with Crippen LogP contribution in [0.1, 0.15) is 81.6 Å². The minimum absolute atomic E-state index is 0.108. The number of hydrogen-bond acceptors (Lipinski definition) is 7. The molecule has 3 aromatic rings. The van der Waals surface area contributed by atoms with Crippen LogP contribution in [0.15, 0.2) is 65.8 Å². The van der Waals surface area contributed by atoms with Crippen molar-refractivity contribution < 1.29 is 22.8 Å². The topological polar surface area (TPSA) is 141 Å². The minimum Gasteiger partial charge on any atom is -0.383 e. The van der Waals surface area contributed by atoms with Gasteiger partial charge in [0, 0.05) is 55.0 Å². The van der Waals surface area contributed by atoms with E-state index < -0.39 is 17.7 Å². The second-order valence-electron chi connectivity index (χ2n) is 12.0. The Balaban J connectivity index is 0.00000332. The first-order valence-electron chi connectivity index (χ1n) is 17.0. The number of allylic oxidation sites excluding steroid dienone is 2. The number of aromatic amines is 1. The van der Waals surface area contributed by atoms with Gasteiger partial charge in [-0.25, -0.2) is 4.98 Å². The number of carbonyl (C=O) groups excluding carboxylic acids is 2.